The maximum Gasteiger partial charge on any atom is 0.410 e. The van der Waals surface area contributed by atoms with Crippen molar-refractivity contribution in [2.75, 3.05) is 0 Å². The summed E-state index contributed by atoms with van der Waals surface area (Å²) in [4.78, 5) is 26.8. The number of carbonyl (C=O) groups is 2. The fraction of sp³-hybridized carbons (Fsp3) is 0.882. The summed E-state index contributed by atoms with van der Waals surface area (Å²) in [5, 5.41) is 0. The molecule has 0 aromatic rings. The van der Waals surface area contributed by atoms with Crippen molar-refractivity contribution in [3.63, 3.8) is 0 Å². The Morgan fingerprint density at radius 2 is 1.52 bits per heavy atom. The molecule has 0 radical (unpaired) electrons. The van der Waals surface area contributed by atoms with Gasteiger partial charge in [0.05, 0.1) is 0 Å². The first kappa shape index (κ1) is 14.9. The zero-order valence-corrected chi connectivity index (χ0v) is 13.4. The van der Waals surface area contributed by atoms with Gasteiger partial charge in [0.25, 0.3) is 0 Å². The average molecular weight is 293 g/mol. The summed E-state index contributed by atoms with van der Waals surface area (Å²) in [5.41, 5.74) is -0.452. The molecule has 0 N–H and O–H groups in total. The quantitative estimate of drug-likeness (QED) is 0.782. The summed E-state index contributed by atoms with van der Waals surface area (Å²) in [6, 6.07) is 0.417. The van der Waals surface area contributed by atoms with Crippen LogP contribution in [0.1, 0.15) is 65.7 Å². The van der Waals surface area contributed by atoms with Crippen molar-refractivity contribution in [3.8, 4) is 0 Å². The molecule has 3 fully saturated rings. The van der Waals surface area contributed by atoms with Gasteiger partial charge in [-0.3, -0.25) is 4.79 Å². The van der Waals surface area contributed by atoms with Gasteiger partial charge < -0.3 is 9.64 Å². The van der Waals surface area contributed by atoms with Crippen LogP contribution in [0.15, 0.2) is 0 Å². The molecule has 2 heterocycles. The number of carbonyl (C=O) groups excluding carboxylic acids is 2. The second-order valence-electron chi connectivity index (χ2n) is 7.97. The van der Waals surface area contributed by atoms with E-state index < -0.39 is 5.60 Å². The topological polar surface area (TPSA) is 46.6 Å². The molecule has 0 aromatic heterocycles. The van der Waals surface area contributed by atoms with E-state index in [1.54, 1.807) is 0 Å². The number of amides is 1. The molecule has 2 atom stereocenters. The van der Waals surface area contributed by atoms with Crippen LogP contribution < -0.4 is 0 Å². The molecule has 0 aromatic carbocycles. The lowest BCUT2D eigenvalue weighted by atomic mass is 9.76. The second-order valence-corrected chi connectivity index (χ2v) is 7.97. The Balaban J connectivity index is 1.69. The van der Waals surface area contributed by atoms with E-state index in [0.717, 1.165) is 38.5 Å². The van der Waals surface area contributed by atoms with Crippen LogP contribution in [0.2, 0.25) is 0 Å². The van der Waals surface area contributed by atoms with Gasteiger partial charge in [0.15, 0.2) is 0 Å². The highest BCUT2D eigenvalue weighted by atomic mass is 16.6. The van der Waals surface area contributed by atoms with Crippen LogP contribution in [0.3, 0.4) is 0 Å². The normalized spacial score (nSPS) is 32.7. The Labute approximate surface area is 127 Å². The minimum Gasteiger partial charge on any atom is -0.444 e. The van der Waals surface area contributed by atoms with Gasteiger partial charge in [0.1, 0.15) is 11.4 Å². The van der Waals surface area contributed by atoms with Gasteiger partial charge in [-0.15, -0.1) is 0 Å². The number of rotatable bonds is 2. The summed E-state index contributed by atoms with van der Waals surface area (Å²) < 4.78 is 5.57. The van der Waals surface area contributed by atoms with Crippen molar-refractivity contribution in [2.45, 2.75) is 83.4 Å². The molecule has 1 aliphatic carbocycles. The second kappa shape index (κ2) is 5.29. The van der Waals surface area contributed by atoms with Gasteiger partial charge in [-0.05, 0) is 65.7 Å². The van der Waals surface area contributed by atoms with Gasteiger partial charge in [-0.25, -0.2) is 4.79 Å². The van der Waals surface area contributed by atoms with Crippen LogP contribution in [0, 0.1) is 11.8 Å². The van der Waals surface area contributed by atoms with Crippen LogP contribution in [0.25, 0.3) is 0 Å². The molecule has 4 heteroatoms. The van der Waals surface area contributed by atoms with Gasteiger partial charge in [-0.2, -0.15) is 0 Å². The average Bonchev–Trinajstić information content (AvgIpc) is 3.18. The molecule has 2 saturated heterocycles. The zero-order chi connectivity index (χ0) is 15.2. The van der Waals surface area contributed by atoms with E-state index in [2.05, 4.69) is 0 Å². The Hall–Kier alpha value is -1.06. The Morgan fingerprint density at radius 3 is 2.00 bits per heavy atom. The van der Waals surface area contributed by atoms with E-state index in [0.29, 0.717) is 11.7 Å². The number of hydrogen-bond donors (Lipinski definition) is 0. The van der Waals surface area contributed by atoms with Crippen molar-refractivity contribution < 1.29 is 14.3 Å². The molecule has 2 bridgehead atoms. The molecule has 21 heavy (non-hydrogen) atoms. The molecule has 4 nitrogen and oxygen atoms in total. The number of ether oxygens (including phenoxy) is 1. The lowest BCUT2D eigenvalue weighted by Crippen LogP contribution is -2.56. The van der Waals surface area contributed by atoms with E-state index in [4.69, 9.17) is 4.74 Å². The Morgan fingerprint density at radius 1 is 0.952 bits per heavy atom. The van der Waals surface area contributed by atoms with Crippen LogP contribution >= 0.6 is 0 Å². The first-order valence-electron chi connectivity index (χ1n) is 8.40. The molecule has 118 valence electrons. The van der Waals surface area contributed by atoms with Crippen LogP contribution in [-0.4, -0.2) is 34.5 Å². The SMILES string of the molecule is CC(C)(C)OC(=O)N1C2CCCC1CC(C(=O)C1CC1)C2. The minimum absolute atomic E-state index is 0.186. The van der Waals surface area contributed by atoms with Gasteiger partial charge in [0.2, 0.25) is 0 Å². The van der Waals surface area contributed by atoms with E-state index in [1.165, 1.54) is 6.42 Å². The van der Waals surface area contributed by atoms with E-state index in [1.807, 2.05) is 25.7 Å². The maximum atomic E-state index is 12.5. The summed E-state index contributed by atoms with van der Waals surface area (Å²) in [5.74, 6) is 0.992. The number of hydrogen-bond acceptors (Lipinski definition) is 3. The largest absolute Gasteiger partial charge is 0.444 e. The highest BCUT2D eigenvalue weighted by molar-refractivity contribution is 5.86. The van der Waals surface area contributed by atoms with Crippen LogP contribution in [0.4, 0.5) is 4.79 Å². The summed E-state index contributed by atoms with van der Waals surface area (Å²) in [6.07, 6.45) is 6.89. The van der Waals surface area contributed by atoms with Crippen molar-refractivity contribution in [1.82, 2.24) is 4.90 Å². The molecule has 0 spiro atoms. The number of piperidine rings is 2. The van der Waals surface area contributed by atoms with Crippen LogP contribution in [-0.2, 0) is 9.53 Å². The van der Waals surface area contributed by atoms with Crippen molar-refractivity contribution in [1.29, 1.82) is 0 Å². The molecule has 1 saturated carbocycles. The third kappa shape index (κ3) is 3.24. The Bertz CT molecular complexity index is 422. The van der Waals surface area contributed by atoms with Crippen molar-refractivity contribution in [3.05, 3.63) is 0 Å². The minimum atomic E-state index is -0.452. The molecule has 1 amide bonds. The standard InChI is InChI=1S/C17H27NO3/c1-17(2,3)21-16(20)18-13-5-4-6-14(18)10-12(9-13)15(19)11-7-8-11/h11-14H,4-10H2,1-3H3. The van der Waals surface area contributed by atoms with Gasteiger partial charge in [-0.1, -0.05) is 0 Å². The zero-order valence-electron chi connectivity index (χ0n) is 13.4. The van der Waals surface area contributed by atoms with Crippen molar-refractivity contribution >= 4 is 11.9 Å². The predicted molar refractivity (Wildman–Crippen MR) is 80.0 cm³/mol. The molecular weight excluding hydrogens is 266 g/mol. The van der Waals surface area contributed by atoms with E-state index in [-0.39, 0.29) is 24.1 Å². The highest BCUT2D eigenvalue weighted by Crippen LogP contribution is 2.42. The van der Waals surface area contributed by atoms with Crippen molar-refractivity contribution in [2.24, 2.45) is 11.8 Å². The lowest BCUT2D eigenvalue weighted by Gasteiger charge is -2.48. The monoisotopic (exact) mass is 293 g/mol. The number of fused-ring (bicyclic) bond motifs is 2. The fourth-order valence-electron chi connectivity index (χ4n) is 3.93. The third-order valence-electron chi connectivity index (χ3n) is 4.96. The first-order valence-corrected chi connectivity index (χ1v) is 8.40. The summed E-state index contributed by atoms with van der Waals surface area (Å²) in [6.45, 7) is 5.72. The first-order chi connectivity index (χ1) is 9.85. The molecule has 2 unspecified atom stereocenters. The van der Waals surface area contributed by atoms with Gasteiger partial charge >= 0.3 is 6.09 Å². The summed E-state index contributed by atoms with van der Waals surface area (Å²) in [7, 11) is 0. The predicted octanol–water partition coefficient (Wildman–Crippen LogP) is 3.53. The molecule has 3 rings (SSSR count). The third-order valence-corrected chi connectivity index (χ3v) is 4.96. The number of Topliss-reactive ketones (excluding diaryl/α,β-unsaturated/α-hetero) is 1. The van der Waals surface area contributed by atoms with Crippen LogP contribution in [0.5, 0.6) is 0 Å². The van der Waals surface area contributed by atoms with Gasteiger partial charge in [0, 0.05) is 23.9 Å². The summed E-state index contributed by atoms with van der Waals surface area (Å²) >= 11 is 0. The van der Waals surface area contributed by atoms with E-state index in [9.17, 15) is 9.59 Å². The number of nitrogens with zero attached hydrogens (tertiary/aromatic N) is 1. The molecule has 2 aliphatic heterocycles. The number of ketones is 1. The molecular formula is C17H27NO3. The highest BCUT2D eigenvalue weighted by Gasteiger charge is 2.46. The maximum absolute atomic E-state index is 12.5. The lowest BCUT2D eigenvalue weighted by molar-refractivity contribution is -0.128. The fourth-order valence-corrected chi connectivity index (χ4v) is 3.93. The smallest absolute Gasteiger partial charge is 0.410 e. The van der Waals surface area contributed by atoms with E-state index >= 15 is 0 Å². The Kier molecular flexibility index (Phi) is 3.74. The molecule has 3 aliphatic rings.